The summed E-state index contributed by atoms with van der Waals surface area (Å²) >= 11 is 0. The number of anilines is 1. The van der Waals surface area contributed by atoms with Gasteiger partial charge in [-0.3, -0.25) is 9.69 Å². The fourth-order valence-electron chi connectivity index (χ4n) is 5.41. The molecule has 0 spiro atoms. The van der Waals surface area contributed by atoms with Gasteiger partial charge in [0, 0.05) is 49.8 Å². The van der Waals surface area contributed by atoms with Crippen LogP contribution in [0.25, 0.3) is 0 Å². The first kappa shape index (κ1) is 24.1. The predicted molar refractivity (Wildman–Crippen MR) is 126 cm³/mol. The molecule has 0 bridgehead atoms. The highest BCUT2D eigenvalue weighted by Crippen LogP contribution is 2.42. The maximum atomic E-state index is 14.0. The van der Waals surface area contributed by atoms with E-state index >= 15 is 0 Å². The number of benzene rings is 2. The van der Waals surface area contributed by atoms with Crippen molar-refractivity contribution in [2.75, 3.05) is 31.2 Å². The van der Waals surface area contributed by atoms with Gasteiger partial charge >= 0.3 is 6.18 Å². The summed E-state index contributed by atoms with van der Waals surface area (Å²) in [6.07, 6.45) is -3.36. The van der Waals surface area contributed by atoms with Gasteiger partial charge in [0.15, 0.2) is 0 Å². The van der Waals surface area contributed by atoms with Crippen molar-refractivity contribution < 1.29 is 27.1 Å². The van der Waals surface area contributed by atoms with E-state index in [4.69, 9.17) is 4.74 Å². The Bertz CT molecular complexity index is 1360. The lowest BCUT2D eigenvalue weighted by Gasteiger charge is -2.42. The number of alkyl halides is 4. The van der Waals surface area contributed by atoms with E-state index in [0.29, 0.717) is 30.9 Å². The van der Waals surface area contributed by atoms with Crippen LogP contribution in [0.1, 0.15) is 38.4 Å². The Balaban J connectivity index is 1.32. The van der Waals surface area contributed by atoms with Crippen molar-refractivity contribution in [2.45, 2.75) is 37.3 Å². The smallest absolute Gasteiger partial charge is 0.379 e. The fraction of sp³-hybridized carbons (Fsp3) is 0.423. The Morgan fingerprint density at radius 1 is 1.16 bits per heavy atom. The molecule has 0 saturated carbocycles. The van der Waals surface area contributed by atoms with Crippen molar-refractivity contribution in [3.8, 4) is 0 Å². The molecule has 1 amide bonds. The van der Waals surface area contributed by atoms with Crippen LogP contribution in [0.4, 0.5) is 23.2 Å². The minimum absolute atomic E-state index is 0.0283. The SMILES string of the molecule is Cn1cnnc1CC1(c2cccc(N3Cc4c(cc(CN5CC(F)C5)cc4C(F)(F)F)C3=O)c2)COC1. The molecule has 3 aliphatic heterocycles. The van der Waals surface area contributed by atoms with Gasteiger partial charge in [0.1, 0.15) is 18.3 Å². The number of amides is 1. The average molecular weight is 516 g/mol. The first-order valence-corrected chi connectivity index (χ1v) is 12.1. The molecule has 1 aromatic heterocycles. The third kappa shape index (κ3) is 4.19. The van der Waals surface area contributed by atoms with Gasteiger partial charge in [-0.1, -0.05) is 12.1 Å². The quantitative estimate of drug-likeness (QED) is 0.469. The van der Waals surface area contributed by atoms with Crippen molar-refractivity contribution in [3.05, 3.63) is 76.4 Å². The van der Waals surface area contributed by atoms with E-state index in [1.54, 1.807) is 17.3 Å². The summed E-state index contributed by atoms with van der Waals surface area (Å²) in [6, 6.07) is 9.97. The number of aromatic nitrogens is 3. The number of nitrogens with zero attached hydrogens (tertiary/aromatic N) is 5. The highest BCUT2D eigenvalue weighted by Gasteiger charge is 2.43. The highest BCUT2D eigenvalue weighted by atomic mass is 19.4. The fourth-order valence-corrected chi connectivity index (χ4v) is 5.41. The molecule has 0 unspecified atom stereocenters. The maximum absolute atomic E-state index is 14.0. The number of carbonyl (C=O) groups is 1. The van der Waals surface area contributed by atoms with E-state index in [-0.39, 0.29) is 42.7 Å². The first-order valence-electron chi connectivity index (χ1n) is 12.1. The molecule has 0 radical (unpaired) electrons. The maximum Gasteiger partial charge on any atom is 0.416 e. The molecule has 4 heterocycles. The van der Waals surface area contributed by atoms with Gasteiger partial charge in [-0.2, -0.15) is 13.2 Å². The number of aryl methyl sites for hydroxylation is 1. The van der Waals surface area contributed by atoms with E-state index in [9.17, 15) is 22.4 Å². The van der Waals surface area contributed by atoms with E-state index in [2.05, 4.69) is 10.2 Å². The Hall–Kier alpha value is -3.31. The summed E-state index contributed by atoms with van der Waals surface area (Å²) < 4.78 is 62.7. The van der Waals surface area contributed by atoms with Crippen LogP contribution in [0, 0.1) is 0 Å². The second kappa shape index (κ2) is 8.63. The second-order valence-electron chi connectivity index (χ2n) is 10.2. The third-order valence-corrected chi connectivity index (χ3v) is 7.55. The number of carbonyl (C=O) groups excluding carboxylic acids is 1. The Labute approximate surface area is 210 Å². The molecular formula is C26H25F4N5O2. The molecule has 11 heteroatoms. The molecule has 0 N–H and O–H groups in total. The minimum Gasteiger partial charge on any atom is -0.379 e. The summed E-state index contributed by atoms with van der Waals surface area (Å²) in [5.74, 6) is 0.320. The zero-order valence-electron chi connectivity index (χ0n) is 20.1. The van der Waals surface area contributed by atoms with Crippen molar-refractivity contribution in [3.63, 3.8) is 0 Å². The highest BCUT2D eigenvalue weighted by molar-refractivity contribution is 6.10. The van der Waals surface area contributed by atoms with Gasteiger partial charge in [0.25, 0.3) is 5.91 Å². The van der Waals surface area contributed by atoms with Gasteiger partial charge in [0.2, 0.25) is 0 Å². The van der Waals surface area contributed by atoms with Crippen molar-refractivity contribution in [2.24, 2.45) is 7.05 Å². The number of fused-ring (bicyclic) bond motifs is 1. The summed E-state index contributed by atoms with van der Waals surface area (Å²) in [4.78, 5) is 16.6. The summed E-state index contributed by atoms with van der Waals surface area (Å²) in [6.45, 7) is 1.31. The molecule has 7 nitrogen and oxygen atoms in total. The summed E-state index contributed by atoms with van der Waals surface area (Å²) in [5, 5.41) is 8.13. The van der Waals surface area contributed by atoms with Crippen LogP contribution >= 0.6 is 0 Å². The van der Waals surface area contributed by atoms with E-state index in [1.807, 2.05) is 29.8 Å². The van der Waals surface area contributed by atoms with E-state index in [0.717, 1.165) is 17.5 Å². The molecule has 2 fully saturated rings. The minimum atomic E-state index is -4.61. The van der Waals surface area contributed by atoms with Crippen molar-refractivity contribution in [1.82, 2.24) is 19.7 Å². The van der Waals surface area contributed by atoms with Crippen molar-refractivity contribution >= 4 is 11.6 Å². The van der Waals surface area contributed by atoms with Gasteiger partial charge < -0.3 is 14.2 Å². The third-order valence-electron chi connectivity index (χ3n) is 7.55. The lowest BCUT2D eigenvalue weighted by molar-refractivity contribution is -0.138. The van der Waals surface area contributed by atoms with Crippen LogP contribution in [0.15, 0.2) is 42.7 Å². The number of rotatable bonds is 6. The van der Waals surface area contributed by atoms with Crippen LogP contribution in [0.2, 0.25) is 0 Å². The molecule has 3 aromatic rings. The van der Waals surface area contributed by atoms with Gasteiger partial charge in [-0.25, -0.2) is 4.39 Å². The Morgan fingerprint density at radius 2 is 1.95 bits per heavy atom. The first-order chi connectivity index (χ1) is 17.6. The van der Waals surface area contributed by atoms with Gasteiger partial charge in [-0.15, -0.1) is 10.2 Å². The van der Waals surface area contributed by atoms with Gasteiger partial charge in [-0.05, 0) is 41.0 Å². The summed E-state index contributed by atoms with van der Waals surface area (Å²) in [7, 11) is 1.86. The molecule has 37 heavy (non-hydrogen) atoms. The molecule has 0 aliphatic carbocycles. The topological polar surface area (TPSA) is 63.5 Å². The number of hydrogen-bond donors (Lipinski definition) is 0. The Kier molecular flexibility index (Phi) is 5.61. The average Bonchev–Trinajstić information content (AvgIpc) is 3.36. The second-order valence-corrected chi connectivity index (χ2v) is 10.2. The number of hydrogen-bond acceptors (Lipinski definition) is 5. The number of ether oxygens (including phenoxy) is 1. The standard InChI is InChI=1S/C26H25F4N5O2/c1-33-15-31-32-23(33)8-25(13-37-14-25)17-3-2-4-19(7-17)35-12-21-20(24(35)36)5-16(6-22(21)26(28,29)30)9-34-10-18(27)11-34/h2-7,15,18H,8-14H2,1H3. The van der Waals surface area contributed by atoms with Crippen LogP contribution in [0.5, 0.6) is 0 Å². The zero-order valence-corrected chi connectivity index (χ0v) is 20.1. The van der Waals surface area contributed by atoms with E-state index in [1.165, 1.54) is 11.0 Å². The largest absolute Gasteiger partial charge is 0.416 e. The lowest BCUT2D eigenvalue weighted by Crippen LogP contribution is -2.49. The Morgan fingerprint density at radius 3 is 2.57 bits per heavy atom. The molecule has 3 aliphatic rings. The molecule has 194 valence electrons. The molecule has 2 aromatic carbocycles. The van der Waals surface area contributed by atoms with Crippen molar-refractivity contribution in [1.29, 1.82) is 0 Å². The van der Waals surface area contributed by atoms with Crippen LogP contribution < -0.4 is 4.90 Å². The molecular weight excluding hydrogens is 490 g/mol. The normalized spacial score (nSPS) is 19.6. The van der Waals surface area contributed by atoms with Crippen LogP contribution in [-0.2, 0) is 42.9 Å². The zero-order chi connectivity index (χ0) is 25.9. The predicted octanol–water partition coefficient (Wildman–Crippen LogP) is 3.66. The summed E-state index contributed by atoms with van der Waals surface area (Å²) in [5.41, 5.74) is 0.667. The number of halogens is 4. The van der Waals surface area contributed by atoms with Gasteiger partial charge in [0.05, 0.1) is 25.3 Å². The van der Waals surface area contributed by atoms with Crippen LogP contribution in [0.3, 0.4) is 0 Å². The van der Waals surface area contributed by atoms with Crippen LogP contribution in [-0.4, -0.2) is 58.0 Å². The molecule has 2 saturated heterocycles. The lowest BCUT2D eigenvalue weighted by atomic mass is 9.75. The van der Waals surface area contributed by atoms with E-state index < -0.39 is 23.8 Å². The number of likely N-dealkylation sites (tertiary alicyclic amines) is 1. The molecule has 0 atom stereocenters. The monoisotopic (exact) mass is 515 g/mol. The molecule has 6 rings (SSSR count).